The van der Waals surface area contributed by atoms with Gasteiger partial charge in [-0.3, -0.25) is 0 Å². The summed E-state index contributed by atoms with van der Waals surface area (Å²) in [7, 11) is 0. The monoisotopic (exact) mass is 150 g/mol. The number of hydrogen-bond acceptors (Lipinski definition) is 1. The highest BCUT2D eigenvalue weighted by Gasteiger charge is 2.12. The van der Waals surface area contributed by atoms with E-state index in [1.165, 1.54) is 5.57 Å². The van der Waals surface area contributed by atoms with Crippen LogP contribution in [-0.4, -0.2) is 5.11 Å². The molecule has 0 aliphatic heterocycles. The predicted molar refractivity (Wildman–Crippen MR) is 47.4 cm³/mol. The van der Waals surface area contributed by atoms with Gasteiger partial charge in [0, 0.05) is 5.57 Å². The van der Waals surface area contributed by atoms with Crippen LogP contribution in [0.1, 0.15) is 20.8 Å². The van der Waals surface area contributed by atoms with Crippen molar-refractivity contribution < 1.29 is 5.11 Å². The Balaban J connectivity index is 2.95. The van der Waals surface area contributed by atoms with Crippen molar-refractivity contribution in [3.8, 4) is 0 Å². The van der Waals surface area contributed by atoms with Crippen LogP contribution >= 0.6 is 0 Å². The first-order valence-electron chi connectivity index (χ1n) is 3.91. The summed E-state index contributed by atoms with van der Waals surface area (Å²) in [5.74, 6) is 0.904. The zero-order valence-electron chi connectivity index (χ0n) is 7.26. The van der Waals surface area contributed by atoms with E-state index in [1.54, 1.807) is 6.92 Å². The Bertz CT molecular complexity index is 238. The zero-order valence-corrected chi connectivity index (χ0v) is 7.26. The van der Waals surface area contributed by atoms with Gasteiger partial charge < -0.3 is 5.11 Å². The zero-order chi connectivity index (χ0) is 8.43. The molecule has 1 heteroatoms. The van der Waals surface area contributed by atoms with Gasteiger partial charge in [0.2, 0.25) is 0 Å². The van der Waals surface area contributed by atoms with Gasteiger partial charge in [-0.1, -0.05) is 32.1 Å². The molecule has 1 aliphatic carbocycles. The Morgan fingerprint density at radius 2 is 2.09 bits per heavy atom. The van der Waals surface area contributed by atoms with Crippen LogP contribution in [0.2, 0.25) is 0 Å². The molecule has 1 aliphatic rings. The summed E-state index contributed by atoms with van der Waals surface area (Å²) < 4.78 is 0. The normalized spacial score (nSPS) is 20.9. The van der Waals surface area contributed by atoms with Gasteiger partial charge in [-0.05, 0) is 18.4 Å². The third-order valence-corrected chi connectivity index (χ3v) is 1.86. The Morgan fingerprint density at radius 3 is 2.45 bits per heavy atom. The van der Waals surface area contributed by atoms with E-state index < -0.39 is 0 Å². The Hall–Kier alpha value is -0.980. The minimum absolute atomic E-state index is 0.415. The highest BCUT2D eigenvalue weighted by Crippen LogP contribution is 2.26. The third kappa shape index (κ3) is 1.53. The second-order valence-corrected chi connectivity index (χ2v) is 3.13. The average molecular weight is 150 g/mol. The number of aliphatic hydroxyl groups excluding tert-OH is 1. The molecule has 0 aromatic heterocycles. The summed E-state index contributed by atoms with van der Waals surface area (Å²) in [6.07, 6.45) is 5.98. The smallest absolute Gasteiger partial charge is 0.0966 e. The van der Waals surface area contributed by atoms with Crippen molar-refractivity contribution >= 4 is 0 Å². The lowest BCUT2D eigenvalue weighted by Crippen LogP contribution is -1.95. The summed E-state index contributed by atoms with van der Waals surface area (Å²) in [6, 6.07) is 0. The topological polar surface area (TPSA) is 20.2 Å². The molecule has 60 valence electrons. The first-order valence-corrected chi connectivity index (χ1v) is 3.91. The number of allylic oxidation sites excluding steroid dienone is 6. The van der Waals surface area contributed by atoms with Crippen LogP contribution in [-0.2, 0) is 0 Å². The van der Waals surface area contributed by atoms with E-state index >= 15 is 0 Å². The molecule has 0 radical (unpaired) electrons. The van der Waals surface area contributed by atoms with E-state index in [4.69, 9.17) is 0 Å². The summed E-state index contributed by atoms with van der Waals surface area (Å²) in [6.45, 7) is 5.98. The van der Waals surface area contributed by atoms with E-state index in [0.29, 0.717) is 11.7 Å². The van der Waals surface area contributed by atoms with Crippen molar-refractivity contribution in [2.75, 3.05) is 0 Å². The van der Waals surface area contributed by atoms with Gasteiger partial charge in [-0.15, -0.1) is 0 Å². The van der Waals surface area contributed by atoms with Crippen LogP contribution in [0.15, 0.2) is 35.1 Å². The number of hydrogen-bond donors (Lipinski definition) is 1. The molecule has 1 nitrogen and oxygen atoms in total. The van der Waals surface area contributed by atoms with E-state index in [-0.39, 0.29) is 0 Å². The van der Waals surface area contributed by atoms with Crippen LogP contribution < -0.4 is 0 Å². The molecule has 11 heavy (non-hydrogen) atoms. The van der Waals surface area contributed by atoms with E-state index in [1.807, 2.05) is 12.2 Å². The fourth-order valence-corrected chi connectivity index (χ4v) is 1.27. The Morgan fingerprint density at radius 1 is 1.45 bits per heavy atom. The van der Waals surface area contributed by atoms with Crippen molar-refractivity contribution in [2.24, 2.45) is 5.92 Å². The maximum absolute atomic E-state index is 9.26. The highest BCUT2D eigenvalue weighted by atomic mass is 16.3. The molecule has 0 unspecified atom stereocenters. The largest absolute Gasteiger partial charge is 0.512 e. The van der Waals surface area contributed by atoms with Crippen LogP contribution in [0.4, 0.5) is 0 Å². The molecule has 1 rings (SSSR count). The molecule has 0 atom stereocenters. The lowest BCUT2D eigenvalue weighted by atomic mass is 9.97. The second-order valence-electron chi connectivity index (χ2n) is 3.13. The van der Waals surface area contributed by atoms with E-state index in [0.717, 1.165) is 5.57 Å². The van der Waals surface area contributed by atoms with Crippen molar-refractivity contribution in [1.82, 2.24) is 0 Å². The van der Waals surface area contributed by atoms with Gasteiger partial charge in [-0.2, -0.15) is 0 Å². The van der Waals surface area contributed by atoms with E-state index in [2.05, 4.69) is 19.9 Å². The lowest BCUT2D eigenvalue weighted by molar-refractivity contribution is 0.409. The van der Waals surface area contributed by atoms with Gasteiger partial charge in [0.15, 0.2) is 0 Å². The molecule has 0 amide bonds. The maximum atomic E-state index is 9.26. The molecule has 0 spiro atoms. The Kier molecular flexibility index (Phi) is 2.18. The standard InChI is InChI=1S/C10H14O/c1-7(2)9-5-4-6-10(9)8(3)11/h4-7,11H,1-3H3. The molecule has 0 fully saturated rings. The summed E-state index contributed by atoms with van der Waals surface area (Å²) in [5.41, 5.74) is 2.21. The predicted octanol–water partition coefficient (Wildman–Crippen LogP) is 2.97. The molecular formula is C10H14O. The fraction of sp³-hybridized carbons (Fsp3) is 0.400. The first-order chi connectivity index (χ1) is 5.13. The molecule has 0 saturated carbocycles. The maximum Gasteiger partial charge on any atom is 0.0966 e. The molecule has 0 bridgehead atoms. The third-order valence-electron chi connectivity index (χ3n) is 1.86. The van der Waals surface area contributed by atoms with Crippen LogP contribution in [0.3, 0.4) is 0 Å². The summed E-state index contributed by atoms with van der Waals surface area (Å²) in [5, 5.41) is 9.26. The lowest BCUT2D eigenvalue weighted by Gasteiger charge is -2.09. The van der Waals surface area contributed by atoms with Gasteiger partial charge in [0.25, 0.3) is 0 Å². The molecule has 0 aromatic carbocycles. The van der Waals surface area contributed by atoms with Crippen LogP contribution in [0, 0.1) is 5.92 Å². The highest BCUT2D eigenvalue weighted by molar-refractivity contribution is 5.49. The number of rotatable bonds is 1. The molecule has 0 aromatic rings. The summed E-state index contributed by atoms with van der Waals surface area (Å²) >= 11 is 0. The van der Waals surface area contributed by atoms with Crippen LogP contribution in [0.25, 0.3) is 0 Å². The van der Waals surface area contributed by atoms with Gasteiger partial charge >= 0.3 is 0 Å². The SMILES string of the molecule is CC(O)=C1C=CC=C1C(C)C. The van der Waals surface area contributed by atoms with Crippen molar-refractivity contribution in [3.05, 3.63) is 35.1 Å². The fourth-order valence-electron chi connectivity index (χ4n) is 1.27. The molecular weight excluding hydrogens is 136 g/mol. The Labute approximate surface area is 67.7 Å². The van der Waals surface area contributed by atoms with Gasteiger partial charge in [0.05, 0.1) is 5.76 Å². The molecule has 1 N–H and O–H groups in total. The average Bonchev–Trinajstić information content (AvgIpc) is 2.32. The first kappa shape index (κ1) is 8.12. The minimum atomic E-state index is 0.415. The van der Waals surface area contributed by atoms with E-state index in [9.17, 15) is 5.11 Å². The van der Waals surface area contributed by atoms with Crippen molar-refractivity contribution in [1.29, 1.82) is 0 Å². The second kappa shape index (κ2) is 2.95. The summed E-state index contributed by atoms with van der Waals surface area (Å²) in [4.78, 5) is 0. The molecule has 0 saturated heterocycles. The quantitative estimate of drug-likeness (QED) is 0.570. The van der Waals surface area contributed by atoms with Crippen molar-refractivity contribution in [3.63, 3.8) is 0 Å². The molecule has 0 heterocycles. The number of aliphatic hydroxyl groups is 1. The van der Waals surface area contributed by atoms with Crippen LogP contribution in [0.5, 0.6) is 0 Å². The van der Waals surface area contributed by atoms with Crippen molar-refractivity contribution in [2.45, 2.75) is 20.8 Å². The van der Waals surface area contributed by atoms with Gasteiger partial charge in [0.1, 0.15) is 0 Å². The minimum Gasteiger partial charge on any atom is -0.512 e. The van der Waals surface area contributed by atoms with Gasteiger partial charge in [-0.25, -0.2) is 0 Å².